The molecule has 0 radical (unpaired) electrons. The number of hydrogen-bond acceptors (Lipinski definition) is 3. The van der Waals surface area contributed by atoms with E-state index in [0.717, 1.165) is 25.7 Å². The summed E-state index contributed by atoms with van der Waals surface area (Å²) in [6.45, 7) is 3.10. The Morgan fingerprint density at radius 2 is 1.65 bits per heavy atom. The maximum Gasteiger partial charge on any atom is 0.244 e. The van der Waals surface area contributed by atoms with Crippen LogP contribution in [0.4, 0.5) is 5.69 Å². The zero-order valence-corrected chi connectivity index (χ0v) is 13.8. The van der Waals surface area contributed by atoms with Gasteiger partial charge in [-0.25, -0.2) is 0 Å². The van der Waals surface area contributed by atoms with E-state index in [-0.39, 0.29) is 30.2 Å². The molecule has 0 saturated heterocycles. The number of anilines is 1. The van der Waals surface area contributed by atoms with Crippen LogP contribution in [0, 0.1) is 0 Å². The molecule has 2 amide bonds. The van der Waals surface area contributed by atoms with Gasteiger partial charge in [-0.05, 0) is 44.0 Å². The van der Waals surface area contributed by atoms with Crippen molar-refractivity contribution < 1.29 is 14.4 Å². The van der Waals surface area contributed by atoms with E-state index < -0.39 is 0 Å². The highest BCUT2D eigenvalue weighted by Crippen LogP contribution is 2.22. The molecule has 1 saturated carbocycles. The molecule has 5 heteroatoms. The van der Waals surface area contributed by atoms with Gasteiger partial charge in [0.2, 0.25) is 11.8 Å². The highest BCUT2D eigenvalue weighted by atomic mass is 16.2. The topological polar surface area (TPSA) is 66.5 Å². The summed E-state index contributed by atoms with van der Waals surface area (Å²) in [6.07, 6.45) is 5.38. The SMILES string of the molecule is CC(=O)c1ccc(NC(=O)CN(C(C)=O)C2CCCCC2)cc1. The lowest BCUT2D eigenvalue weighted by molar-refractivity contribution is -0.135. The number of hydrogen-bond donors (Lipinski definition) is 1. The number of ketones is 1. The number of carbonyl (C=O) groups is 3. The van der Waals surface area contributed by atoms with Crippen LogP contribution in [-0.2, 0) is 9.59 Å². The van der Waals surface area contributed by atoms with Gasteiger partial charge in [0.05, 0.1) is 0 Å². The van der Waals surface area contributed by atoms with Gasteiger partial charge in [0.25, 0.3) is 0 Å². The predicted molar refractivity (Wildman–Crippen MR) is 89.3 cm³/mol. The summed E-state index contributed by atoms with van der Waals surface area (Å²) in [5, 5.41) is 2.79. The molecule has 2 rings (SSSR count). The van der Waals surface area contributed by atoms with Gasteiger partial charge >= 0.3 is 0 Å². The molecule has 1 aromatic rings. The van der Waals surface area contributed by atoms with Crippen LogP contribution in [0.15, 0.2) is 24.3 Å². The second kappa shape index (κ2) is 7.90. The van der Waals surface area contributed by atoms with E-state index in [1.807, 2.05) is 0 Å². The summed E-state index contributed by atoms with van der Waals surface area (Å²) < 4.78 is 0. The zero-order valence-electron chi connectivity index (χ0n) is 13.8. The van der Waals surface area contributed by atoms with Crippen molar-refractivity contribution in [2.45, 2.75) is 52.0 Å². The van der Waals surface area contributed by atoms with E-state index in [2.05, 4.69) is 5.32 Å². The molecule has 1 N–H and O–H groups in total. The van der Waals surface area contributed by atoms with Crippen molar-refractivity contribution in [3.8, 4) is 0 Å². The first-order chi connectivity index (χ1) is 11.0. The highest BCUT2D eigenvalue weighted by molar-refractivity contribution is 5.96. The Balaban J connectivity index is 1.95. The first kappa shape index (κ1) is 17.2. The molecule has 1 fully saturated rings. The second-order valence-corrected chi connectivity index (χ2v) is 6.12. The Bertz CT molecular complexity index is 574. The molecule has 23 heavy (non-hydrogen) atoms. The lowest BCUT2D eigenvalue weighted by Crippen LogP contribution is -2.44. The third-order valence-corrected chi connectivity index (χ3v) is 4.31. The number of amides is 2. The molecule has 124 valence electrons. The molecule has 1 aliphatic carbocycles. The van der Waals surface area contributed by atoms with Crippen LogP contribution in [0.1, 0.15) is 56.3 Å². The molecular formula is C18H24N2O3. The quantitative estimate of drug-likeness (QED) is 0.849. The average Bonchev–Trinajstić information content (AvgIpc) is 2.53. The molecule has 0 aliphatic heterocycles. The lowest BCUT2D eigenvalue weighted by atomic mass is 9.94. The normalized spacial score (nSPS) is 15.0. The fourth-order valence-corrected chi connectivity index (χ4v) is 3.03. The molecule has 0 unspecified atom stereocenters. The fourth-order valence-electron chi connectivity index (χ4n) is 3.03. The minimum absolute atomic E-state index is 0.0112. The van der Waals surface area contributed by atoms with E-state index in [1.165, 1.54) is 20.3 Å². The third-order valence-electron chi connectivity index (χ3n) is 4.31. The van der Waals surface area contributed by atoms with Crippen LogP contribution < -0.4 is 5.32 Å². The Morgan fingerprint density at radius 3 is 2.17 bits per heavy atom. The summed E-state index contributed by atoms with van der Waals surface area (Å²) in [5.41, 5.74) is 1.24. The van der Waals surface area contributed by atoms with E-state index >= 15 is 0 Å². The van der Waals surface area contributed by atoms with Crippen LogP contribution >= 0.6 is 0 Å². The van der Waals surface area contributed by atoms with Crippen molar-refractivity contribution in [3.63, 3.8) is 0 Å². The van der Waals surface area contributed by atoms with Crippen molar-refractivity contribution in [1.29, 1.82) is 0 Å². The van der Waals surface area contributed by atoms with Gasteiger partial charge in [0.15, 0.2) is 5.78 Å². The Morgan fingerprint density at radius 1 is 1.04 bits per heavy atom. The number of rotatable bonds is 5. The summed E-state index contributed by atoms with van der Waals surface area (Å²) in [7, 11) is 0. The van der Waals surface area contributed by atoms with Gasteiger partial charge in [-0.15, -0.1) is 0 Å². The van der Waals surface area contributed by atoms with E-state index in [9.17, 15) is 14.4 Å². The van der Waals surface area contributed by atoms with E-state index in [0.29, 0.717) is 11.3 Å². The second-order valence-electron chi connectivity index (χ2n) is 6.12. The van der Waals surface area contributed by atoms with Crippen molar-refractivity contribution in [1.82, 2.24) is 4.90 Å². The number of nitrogens with one attached hydrogen (secondary N) is 1. The van der Waals surface area contributed by atoms with Crippen LogP contribution in [0.25, 0.3) is 0 Å². The molecular weight excluding hydrogens is 292 g/mol. The van der Waals surface area contributed by atoms with E-state index in [4.69, 9.17) is 0 Å². The maximum absolute atomic E-state index is 12.2. The number of nitrogens with zero attached hydrogens (tertiary/aromatic N) is 1. The minimum atomic E-state index is -0.207. The summed E-state index contributed by atoms with van der Waals surface area (Å²) >= 11 is 0. The van der Waals surface area contributed by atoms with Gasteiger partial charge in [-0.1, -0.05) is 19.3 Å². The maximum atomic E-state index is 12.2. The third kappa shape index (κ3) is 4.91. The molecule has 1 aliphatic rings. The minimum Gasteiger partial charge on any atom is -0.331 e. The van der Waals surface area contributed by atoms with Gasteiger partial charge < -0.3 is 10.2 Å². The Labute approximate surface area is 137 Å². The zero-order chi connectivity index (χ0) is 16.8. The van der Waals surface area contributed by atoms with Gasteiger partial charge in [0.1, 0.15) is 6.54 Å². The van der Waals surface area contributed by atoms with Crippen LogP contribution in [0.3, 0.4) is 0 Å². The van der Waals surface area contributed by atoms with Crippen LogP contribution in [0.5, 0.6) is 0 Å². The molecule has 5 nitrogen and oxygen atoms in total. The average molecular weight is 316 g/mol. The molecule has 0 spiro atoms. The molecule has 0 heterocycles. The Hall–Kier alpha value is -2.17. The van der Waals surface area contributed by atoms with Crippen molar-refractivity contribution >= 4 is 23.3 Å². The summed E-state index contributed by atoms with van der Waals surface area (Å²) in [6, 6.07) is 6.94. The number of benzene rings is 1. The smallest absolute Gasteiger partial charge is 0.244 e. The lowest BCUT2D eigenvalue weighted by Gasteiger charge is -2.33. The van der Waals surface area contributed by atoms with Gasteiger partial charge in [-0.3, -0.25) is 14.4 Å². The monoisotopic (exact) mass is 316 g/mol. The van der Waals surface area contributed by atoms with Crippen molar-refractivity contribution in [3.05, 3.63) is 29.8 Å². The first-order valence-electron chi connectivity index (χ1n) is 8.15. The fraction of sp³-hybridized carbons (Fsp3) is 0.500. The number of carbonyl (C=O) groups excluding carboxylic acids is 3. The van der Waals surface area contributed by atoms with E-state index in [1.54, 1.807) is 29.2 Å². The van der Waals surface area contributed by atoms with Crippen LogP contribution in [-0.4, -0.2) is 35.1 Å². The molecule has 0 aromatic heterocycles. The Kier molecular flexibility index (Phi) is 5.90. The largest absolute Gasteiger partial charge is 0.331 e. The van der Waals surface area contributed by atoms with Crippen molar-refractivity contribution in [2.75, 3.05) is 11.9 Å². The van der Waals surface area contributed by atoms with Gasteiger partial charge in [-0.2, -0.15) is 0 Å². The summed E-state index contributed by atoms with van der Waals surface area (Å²) in [4.78, 5) is 37.0. The van der Waals surface area contributed by atoms with Gasteiger partial charge in [0, 0.05) is 24.2 Å². The summed E-state index contributed by atoms with van der Waals surface area (Å²) in [5.74, 6) is -0.275. The van der Waals surface area contributed by atoms with Crippen LogP contribution in [0.2, 0.25) is 0 Å². The predicted octanol–water partition coefficient (Wildman–Crippen LogP) is 3.01. The molecule has 0 atom stereocenters. The highest BCUT2D eigenvalue weighted by Gasteiger charge is 2.25. The molecule has 0 bridgehead atoms. The number of Topliss-reactive ketones (excluding diaryl/α,β-unsaturated/α-hetero) is 1. The molecule has 1 aromatic carbocycles. The van der Waals surface area contributed by atoms with Crippen molar-refractivity contribution in [2.24, 2.45) is 0 Å². The first-order valence-corrected chi connectivity index (χ1v) is 8.15. The standard InChI is InChI=1S/C18H24N2O3/c1-13(21)15-8-10-16(11-9-15)19-18(23)12-20(14(2)22)17-6-4-3-5-7-17/h8-11,17H,3-7,12H2,1-2H3,(H,19,23).